The van der Waals surface area contributed by atoms with Gasteiger partial charge in [-0.25, -0.2) is 0 Å². The Hall–Kier alpha value is -0.470. The van der Waals surface area contributed by atoms with Crippen LogP contribution in [0.25, 0.3) is 0 Å². The molecule has 1 fully saturated rings. The molecule has 1 aliphatic rings. The Morgan fingerprint density at radius 1 is 1.22 bits per heavy atom. The van der Waals surface area contributed by atoms with Gasteiger partial charge in [0.05, 0.1) is 0 Å². The third-order valence-electron chi connectivity index (χ3n) is 4.47. The molecule has 2 rings (SSSR count). The maximum Gasteiger partial charge on any atom is 0.0334 e. The fourth-order valence-corrected chi connectivity index (χ4v) is 3.81. The van der Waals surface area contributed by atoms with Crippen molar-refractivity contribution in [1.82, 2.24) is 0 Å². The van der Waals surface area contributed by atoms with Gasteiger partial charge in [-0.1, -0.05) is 44.4 Å². The first-order chi connectivity index (χ1) is 8.76. The van der Waals surface area contributed by atoms with Crippen molar-refractivity contribution < 1.29 is 0 Å². The molecule has 1 saturated carbocycles. The smallest absolute Gasteiger partial charge is 0.0334 e. The topological polar surface area (TPSA) is 26.0 Å². The van der Waals surface area contributed by atoms with Crippen LogP contribution < -0.4 is 5.73 Å². The van der Waals surface area contributed by atoms with Crippen LogP contribution in [-0.2, 0) is 0 Å². The van der Waals surface area contributed by atoms with Crippen molar-refractivity contribution in [1.29, 1.82) is 0 Å². The van der Waals surface area contributed by atoms with E-state index in [1.165, 1.54) is 42.6 Å². The van der Waals surface area contributed by atoms with E-state index >= 15 is 0 Å². The lowest BCUT2D eigenvalue weighted by molar-refractivity contribution is 0.239. The van der Waals surface area contributed by atoms with Crippen molar-refractivity contribution in [2.24, 2.45) is 17.6 Å². The van der Waals surface area contributed by atoms with Crippen LogP contribution >= 0.6 is 11.8 Å². The maximum atomic E-state index is 6.52. The molecule has 0 bridgehead atoms. The second-order valence-electron chi connectivity index (χ2n) is 5.46. The Morgan fingerprint density at radius 2 is 1.89 bits per heavy atom. The van der Waals surface area contributed by atoms with Crippen molar-refractivity contribution in [3.05, 3.63) is 29.8 Å². The molecule has 0 heterocycles. The molecule has 0 saturated heterocycles. The van der Waals surface area contributed by atoms with E-state index < -0.39 is 0 Å². The minimum Gasteiger partial charge on any atom is -0.324 e. The minimum absolute atomic E-state index is 0.228. The van der Waals surface area contributed by atoms with Gasteiger partial charge >= 0.3 is 0 Å². The zero-order valence-electron chi connectivity index (χ0n) is 11.6. The molecule has 0 spiro atoms. The first-order valence-corrected chi connectivity index (χ1v) is 8.37. The average molecular weight is 263 g/mol. The summed E-state index contributed by atoms with van der Waals surface area (Å²) in [6.07, 6.45) is 8.83. The molecular formula is C16H25NS. The SMILES string of the molecule is CCC1CCC(C(N)c2ccccc2SC)CC1. The van der Waals surface area contributed by atoms with Crippen LogP contribution in [-0.4, -0.2) is 6.26 Å². The monoisotopic (exact) mass is 263 g/mol. The highest BCUT2D eigenvalue weighted by atomic mass is 32.2. The van der Waals surface area contributed by atoms with E-state index in [0.717, 1.165) is 5.92 Å². The van der Waals surface area contributed by atoms with E-state index in [-0.39, 0.29) is 6.04 Å². The van der Waals surface area contributed by atoms with Crippen molar-refractivity contribution >= 4 is 11.8 Å². The summed E-state index contributed by atoms with van der Waals surface area (Å²) < 4.78 is 0. The Balaban J connectivity index is 2.05. The third-order valence-corrected chi connectivity index (χ3v) is 5.29. The number of rotatable bonds is 4. The normalized spacial score (nSPS) is 25.9. The molecule has 1 atom stereocenters. The van der Waals surface area contributed by atoms with Crippen LogP contribution in [0.2, 0.25) is 0 Å². The summed E-state index contributed by atoms with van der Waals surface area (Å²) in [7, 11) is 0. The fraction of sp³-hybridized carbons (Fsp3) is 0.625. The van der Waals surface area contributed by atoms with Crippen LogP contribution in [0.15, 0.2) is 29.2 Å². The van der Waals surface area contributed by atoms with E-state index in [0.29, 0.717) is 5.92 Å². The summed E-state index contributed by atoms with van der Waals surface area (Å²) in [6, 6.07) is 8.86. The van der Waals surface area contributed by atoms with Crippen molar-refractivity contribution in [2.45, 2.75) is 50.0 Å². The van der Waals surface area contributed by atoms with E-state index in [9.17, 15) is 0 Å². The third kappa shape index (κ3) is 3.10. The maximum absolute atomic E-state index is 6.52. The van der Waals surface area contributed by atoms with E-state index in [1.54, 1.807) is 0 Å². The summed E-state index contributed by atoms with van der Waals surface area (Å²) in [5.74, 6) is 1.63. The Bertz CT molecular complexity index is 369. The van der Waals surface area contributed by atoms with Gasteiger partial charge < -0.3 is 5.73 Å². The summed E-state index contributed by atoms with van der Waals surface area (Å²) in [6.45, 7) is 2.31. The number of thioether (sulfide) groups is 1. The molecule has 1 aliphatic carbocycles. The van der Waals surface area contributed by atoms with Crippen LogP contribution in [0, 0.1) is 11.8 Å². The van der Waals surface area contributed by atoms with Gasteiger partial charge in [0.25, 0.3) is 0 Å². The van der Waals surface area contributed by atoms with Gasteiger partial charge in [0.15, 0.2) is 0 Å². The van der Waals surface area contributed by atoms with Gasteiger partial charge in [0, 0.05) is 10.9 Å². The Morgan fingerprint density at radius 3 is 2.50 bits per heavy atom. The van der Waals surface area contributed by atoms with Gasteiger partial charge in [-0.15, -0.1) is 11.8 Å². The highest BCUT2D eigenvalue weighted by Crippen LogP contribution is 2.38. The number of hydrogen-bond donors (Lipinski definition) is 1. The fourth-order valence-electron chi connectivity index (χ4n) is 3.15. The molecule has 2 heteroatoms. The molecule has 0 radical (unpaired) electrons. The van der Waals surface area contributed by atoms with E-state index in [2.05, 4.69) is 37.4 Å². The van der Waals surface area contributed by atoms with E-state index in [4.69, 9.17) is 5.73 Å². The average Bonchev–Trinajstić information content (AvgIpc) is 2.46. The highest BCUT2D eigenvalue weighted by Gasteiger charge is 2.26. The van der Waals surface area contributed by atoms with Gasteiger partial charge in [-0.2, -0.15) is 0 Å². The molecule has 1 nitrogen and oxygen atoms in total. The van der Waals surface area contributed by atoms with Crippen LogP contribution in [0.1, 0.15) is 50.6 Å². The van der Waals surface area contributed by atoms with E-state index in [1.807, 2.05) is 11.8 Å². The largest absolute Gasteiger partial charge is 0.324 e. The quantitative estimate of drug-likeness (QED) is 0.802. The van der Waals surface area contributed by atoms with Crippen LogP contribution in [0.3, 0.4) is 0 Å². The minimum atomic E-state index is 0.228. The Kier molecular flexibility index (Phi) is 5.13. The highest BCUT2D eigenvalue weighted by molar-refractivity contribution is 7.98. The first-order valence-electron chi connectivity index (χ1n) is 7.14. The van der Waals surface area contributed by atoms with Gasteiger partial charge in [-0.3, -0.25) is 0 Å². The van der Waals surface area contributed by atoms with Gasteiger partial charge in [0.2, 0.25) is 0 Å². The van der Waals surface area contributed by atoms with Crippen LogP contribution in [0.5, 0.6) is 0 Å². The zero-order valence-corrected chi connectivity index (χ0v) is 12.4. The standard InChI is InChI=1S/C16H25NS/c1-3-12-8-10-13(11-9-12)16(17)14-6-4-5-7-15(14)18-2/h4-7,12-13,16H,3,8-11,17H2,1-2H3. The Labute approximate surface area is 116 Å². The number of nitrogens with two attached hydrogens (primary N) is 1. The second kappa shape index (κ2) is 6.63. The predicted molar refractivity (Wildman–Crippen MR) is 80.9 cm³/mol. The molecule has 0 aliphatic heterocycles. The summed E-state index contributed by atoms with van der Waals surface area (Å²) in [5, 5.41) is 0. The predicted octanol–water partition coefficient (Wildman–Crippen LogP) is 4.62. The summed E-state index contributed by atoms with van der Waals surface area (Å²) in [5.41, 5.74) is 7.87. The van der Waals surface area contributed by atoms with Crippen molar-refractivity contribution in [2.75, 3.05) is 6.26 Å². The molecule has 2 N–H and O–H groups in total. The van der Waals surface area contributed by atoms with Gasteiger partial charge in [0.1, 0.15) is 0 Å². The second-order valence-corrected chi connectivity index (χ2v) is 6.30. The molecular weight excluding hydrogens is 238 g/mol. The number of hydrogen-bond acceptors (Lipinski definition) is 2. The molecule has 100 valence electrons. The van der Waals surface area contributed by atoms with Crippen molar-refractivity contribution in [3.8, 4) is 0 Å². The molecule has 1 aromatic carbocycles. The van der Waals surface area contributed by atoms with Gasteiger partial charge in [-0.05, 0) is 42.6 Å². The zero-order chi connectivity index (χ0) is 13.0. The molecule has 18 heavy (non-hydrogen) atoms. The van der Waals surface area contributed by atoms with Crippen LogP contribution in [0.4, 0.5) is 0 Å². The first kappa shape index (κ1) is 14.0. The van der Waals surface area contributed by atoms with Crippen molar-refractivity contribution in [3.63, 3.8) is 0 Å². The summed E-state index contributed by atoms with van der Waals surface area (Å²) in [4.78, 5) is 1.35. The molecule has 0 amide bonds. The molecule has 1 unspecified atom stereocenters. The lowest BCUT2D eigenvalue weighted by atomic mass is 9.76. The molecule has 1 aromatic rings. The lowest BCUT2D eigenvalue weighted by Crippen LogP contribution is -2.26. The molecule has 0 aromatic heterocycles. The lowest BCUT2D eigenvalue weighted by Gasteiger charge is -2.32. The number of benzene rings is 1. The summed E-state index contributed by atoms with van der Waals surface area (Å²) >= 11 is 1.81.